The Labute approximate surface area is 159 Å². The fourth-order valence-corrected chi connectivity index (χ4v) is 3.07. The van der Waals surface area contributed by atoms with Crippen LogP contribution >= 0.6 is 11.6 Å². The van der Waals surface area contributed by atoms with E-state index in [0.717, 1.165) is 17.0 Å². The van der Waals surface area contributed by atoms with E-state index in [1.54, 1.807) is 0 Å². The molecule has 0 aliphatic heterocycles. The van der Waals surface area contributed by atoms with Gasteiger partial charge in [-0.1, -0.05) is 73.9 Å². The molecule has 0 spiro atoms. The molecule has 0 aliphatic rings. The highest BCUT2D eigenvalue weighted by Crippen LogP contribution is 2.24. The van der Waals surface area contributed by atoms with Crippen LogP contribution in [0.1, 0.15) is 43.8 Å². The fraction of sp³-hybridized carbons (Fsp3) is 0.333. The summed E-state index contributed by atoms with van der Waals surface area (Å²) in [6.07, 6.45) is 1.02. The Morgan fingerprint density at radius 2 is 1.73 bits per heavy atom. The van der Waals surface area contributed by atoms with Gasteiger partial charge in [0.15, 0.2) is 0 Å². The number of nitrogens with zero attached hydrogens (tertiary/aromatic N) is 2. The highest BCUT2D eigenvalue weighted by Gasteiger charge is 2.17. The van der Waals surface area contributed by atoms with Crippen molar-refractivity contribution in [3.8, 4) is 11.4 Å². The van der Waals surface area contributed by atoms with E-state index in [-0.39, 0.29) is 6.04 Å². The van der Waals surface area contributed by atoms with Gasteiger partial charge in [0.2, 0.25) is 11.7 Å². The predicted octanol–water partition coefficient (Wildman–Crippen LogP) is 5.44. The third kappa shape index (κ3) is 4.51. The summed E-state index contributed by atoms with van der Waals surface area (Å²) in [6, 6.07) is 16.4. The van der Waals surface area contributed by atoms with E-state index in [1.807, 2.05) is 24.3 Å². The minimum Gasteiger partial charge on any atom is -0.338 e. The number of rotatable bonds is 7. The number of aryl methyl sites for hydroxylation is 1. The normalized spacial score (nSPS) is 12.5. The van der Waals surface area contributed by atoms with Crippen molar-refractivity contribution in [3.05, 3.63) is 70.6 Å². The van der Waals surface area contributed by atoms with E-state index in [1.165, 1.54) is 11.1 Å². The van der Waals surface area contributed by atoms with E-state index in [0.29, 0.717) is 24.2 Å². The van der Waals surface area contributed by atoms with Gasteiger partial charge in [0.05, 0.1) is 6.54 Å². The molecule has 4 nitrogen and oxygen atoms in total. The standard InChI is InChI=1S/C21H24ClN3O/c1-4-15-5-7-17(8-6-15)21-24-19(26-25-21)13-23-20(14(2)3)16-9-11-18(22)12-10-16/h5-12,14,20,23H,4,13H2,1-3H3/t20-/m1/s1. The van der Waals surface area contributed by atoms with Crippen LogP contribution in [0, 0.1) is 5.92 Å². The second-order valence-corrected chi connectivity index (χ2v) is 7.15. The molecule has 5 heteroatoms. The third-order valence-electron chi connectivity index (χ3n) is 4.46. The Morgan fingerprint density at radius 1 is 1.04 bits per heavy atom. The molecule has 1 heterocycles. The van der Waals surface area contributed by atoms with Crippen LogP contribution in [0.5, 0.6) is 0 Å². The molecule has 0 saturated heterocycles. The number of hydrogen-bond acceptors (Lipinski definition) is 4. The molecule has 0 bridgehead atoms. The van der Waals surface area contributed by atoms with Gasteiger partial charge < -0.3 is 9.84 Å². The Hall–Kier alpha value is -2.17. The smallest absolute Gasteiger partial charge is 0.240 e. The Balaban J connectivity index is 1.68. The van der Waals surface area contributed by atoms with Crippen LogP contribution < -0.4 is 5.32 Å². The van der Waals surface area contributed by atoms with Crippen LogP contribution in [0.4, 0.5) is 0 Å². The molecule has 3 aromatic rings. The molecule has 3 rings (SSSR count). The quantitative estimate of drug-likeness (QED) is 0.602. The summed E-state index contributed by atoms with van der Waals surface area (Å²) >= 11 is 6.00. The molecule has 0 saturated carbocycles. The first-order chi connectivity index (χ1) is 12.6. The van der Waals surface area contributed by atoms with Crippen molar-refractivity contribution in [2.45, 2.75) is 39.8 Å². The molecule has 0 aliphatic carbocycles. The lowest BCUT2D eigenvalue weighted by Crippen LogP contribution is -2.25. The molecule has 2 aromatic carbocycles. The van der Waals surface area contributed by atoms with Crippen molar-refractivity contribution < 1.29 is 4.52 Å². The van der Waals surface area contributed by atoms with Crippen LogP contribution in [0.25, 0.3) is 11.4 Å². The first-order valence-electron chi connectivity index (χ1n) is 8.97. The van der Waals surface area contributed by atoms with Crippen LogP contribution in [0.2, 0.25) is 5.02 Å². The minimum absolute atomic E-state index is 0.187. The number of aromatic nitrogens is 2. The van der Waals surface area contributed by atoms with Crippen molar-refractivity contribution in [1.29, 1.82) is 0 Å². The molecule has 1 atom stereocenters. The summed E-state index contributed by atoms with van der Waals surface area (Å²) in [5, 5.41) is 8.36. The second kappa shape index (κ2) is 8.47. The van der Waals surface area contributed by atoms with Gasteiger partial charge in [0, 0.05) is 16.6 Å². The zero-order chi connectivity index (χ0) is 18.5. The average Bonchev–Trinajstić information content (AvgIpc) is 3.12. The molecule has 1 N–H and O–H groups in total. The monoisotopic (exact) mass is 369 g/mol. The summed E-state index contributed by atoms with van der Waals surface area (Å²) in [5.74, 6) is 1.62. The Morgan fingerprint density at radius 3 is 2.35 bits per heavy atom. The van der Waals surface area contributed by atoms with Crippen LogP contribution in [0.15, 0.2) is 53.1 Å². The van der Waals surface area contributed by atoms with Gasteiger partial charge in [0.25, 0.3) is 0 Å². The Kier molecular flexibility index (Phi) is 6.07. The maximum Gasteiger partial charge on any atom is 0.240 e. The van der Waals surface area contributed by atoms with E-state index in [9.17, 15) is 0 Å². The maximum atomic E-state index is 6.00. The largest absolute Gasteiger partial charge is 0.338 e. The summed E-state index contributed by atoms with van der Waals surface area (Å²) in [6.45, 7) is 7.02. The number of hydrogen-bond donors (Lipinski definition) is 1. The molecule has 136 valence electrons. The molecule has 0 amide bonds. The van der Waals surface area contributed by atoms with Crippen molar-refractivity contribution in [2.75, 3.05) is 0 Å². The van der Waals surface area contributed by atoms with Gasteiger partial charge in [-0.05, 0) is 35.6 Å². The van der Waals surface area contributed by atoms with Crippen molar-refractivity contribution in [3.63, 3.8) is 0 Å². The van der Waals surface area contributed by atoms with Gasteiger partial charge in [-0.2, -0.15) is 4.98 Å². The van der Waals surface area contributed by atoms with E-state index < -0.39 is 0 Å². The van der Waals surface area contributed by atoms with Crippen molar-refractivity contribution in [2.24, 2.45) is 5.92 Å². The Bertz CT molecular complexity index is 825. The molecule has 0 unspecified atom stereocenters. The zero-order valence-corrected chi connectivity index (χ0v) is 16.1. The van der Waals surface area contributed by atoms with Crippen LogP contribution in [-0.4, -0.2) is 10.1 Å². The molecular weight excluding hydrogens is 346 g/mol. The highest BCUT2D eigenvalue weighted by atomic mass is 35.5. The third-order valence-corrected chi connectivity index (χ3v) is 4.71. The van der Waals surface area contributed by atoms with Crippen LogP contribution in [0.3, 0.4) is 0 Å². The molecule has 26 heavy (non-hydrogen) atoms. The topological polar surface area (TPSA) is 51.0 Å². The second-order valence-electron chi connectivity index (χ2n) is 6.72. The lowest BCUT2D eigenvalue weighted by atomic mass is 9.96. The average molecular weight is 370 g/mol. The number of benzene rings is 2. The lowest BCUT2D eigenvalue weighted by molar-refractivity contribution is 0.338. The molecule has 0 radical (unpaired) electrons. The SMILES string of the molecule is CCc1ccc(-c2noc(CN[C@@H](c3ccc(Cl)cc3)C(C)C)n2)cc1. The number of nitrogens with one attached hydrogen (secondary N) is 1. The first kappa shape index (κ1) is 18.6. The van der Waals surface area contributed by atoms with E-state index in [4.69, 9.17) is 16.1 Å². The van der Waals surface area contributed by atoms with Gasteiger partial charge in [-0.3, -0.25) is 0 Å². The van der Waals surface area contributed by atoms with Crippen LogP contribution in [-0.2, 0) is 13.0 Å². The van der Waals surface area contributed by atoms with Gasteiger partial charge in [0.1, 0.15) is 0 Å². The number of halogens is 1. The molecule has 1 aromatic heterocycles. The summed E-state index contributed by atoms with van der Waals surface area (Å²) in [4.78, 5) is 4.51. The molecule has 0 fully saturated rings. The summed E-state index contributed by atoms with van der Waals surface area (Å²) in [5.41, 5.74) is 3.46. The van der Waals surface area contributed by atoms with Gasteiger partial charge in [-0.15, -0.1) is 0 Å². The first-order valence-corrected chi connectivity index (χ1v) is 9.35. The van der Waals surface area contributed by atoms with Gasteiger partial charge in [-0.25, -0.2) is 0 Å². The molecular formula is C21H24ClN3O. The van der Waals surface area contributed by atoms with E-state index >= 15 is 0 Å². The lowest BCUT2D eigenvalue weighted by Gasteiger charge is -2.22. The van der Waals surface area contributed by atoms with Crippen molar-refractivity contribution in [1.82, 2.24) is 15.5 Å². The minimum atomic E-state index is 0.187. The summed E-state index contributed by atoms with van der Waals surface area (Å²) < 4.78 is 5.42. The zero-order valence-electron chi connectivity index (χ0n) is 15.4. The maximum absolute atomic E-state index is 6.00. The van der Waals surface area contributed by atoms with Crippen molar-refractivity contribution >= 4 is 11.6 Å². The van der Waals surface area contributed by atoms with E-state index in [2.05, 4.69) is 60.5 Å². The highest BCUT2D eigenvalue weighted by molar-refractivity contribution is 6.30. The predicted molar refractivity (Wildman–Crippen MR) is 105 cm³/mol. The fourth-order valence-electron chi connectivity index (χ4n) is 2.94. The summed E-state index contributed by atoms with van der Waals surface area (Å²) in [7, 11) is 0. The van der Waals surface area contributed by atoms with Gasteiger partial charge >= 0.3 is 0 Å².